The van der Waals surface area contributed by atoms with Crippen LogP contribution in [-0.4, -0.2) is 24.3 Å². The zero-order valence-electron chi connectivity index (χ0n) is 12.9. The molecule has 1 aromatic carbocycles. The average molecular weight is 322 g/mol. The van der Waals surface area contributed by atoms with Gasteiger partial charge in [0.1, 0.15) is 5.75 Å². The fourth-order valence-electron chi connectivity index (χ4n) is 2.83. The summed E-state index contributed by atoms with van der Waals surface area (Å²) in [4.78, 5) is 20.1. The van der Waals surface area contributed by atoms with Gasteiger partial charge in [0.05, 0.1) is 6.61 Å². The van der Waals surface area contributed by atoms with E-state index in [1.807, 2.05) is 0 Å². The van der Waals surface area contributed by atoms with Crippen LogP contribution in [0.3, 0.4) is 0 Å². The van der Waals surface area contributed by atoms with Gasteiger partial charge in [-0.3, -0.25) is 9.59 Å². The van der Waals surface area contributed by atoms with E-state index in [9.17, 15) is 9.59 Å². The van der Waals surface area contributed by atoms with E-state index in [0.29, 0.717) is 6.54 Å². The zero-order chi connectivity index (χ0) is 16.1. The maximum atomic E-state index is 10.9. The van der Waals surface area contributed by atoms with Gasteiger partial charge in [0.2, 0.25) is 11.1 Å². The van der Waals surface area contributed by atoms with Gasteiger partial charge in [-0.05, 0) is 47.2 Å². The van der Waals surface area contributed by atoms with Crippen LogP contribution in [0.1, 0.15) is 37.0 Å². The first-order valence-electron chi connectivity index (χ1n) is 7.36. The van der Waals surface area contributed by atoms with Crippen molar-refractivity contribution >= 4 is 28.3 Å². The van der Waals surface area contributed by atoms with Crippen LogP contribution >= 0.6 is 11.6 Å². The Bertz CT molecular complexity index is 619. The summed E-state index contributed by atoms with van der Waals surface area (Å²) in [6.45, 7) is 4.36. The number of allylic oxidation sites excluding steroid dienone is 1. The Morgan fingerprint density at radius 2 is 2.05 bits per heavy atom. The lowest BCUT2D eigenvalue weighted by atomic mass is 9.95. The highest BCUT2D eigenvalue weighted by Crippen LogP contribution is 2.39. The van der Waals surface area contributed by atoms with Gasteiger partial charge in [-0.15, -0.1) is 0 Å². The fourth-order valence-corrected chi connectivity index (χ4v) is 2.83. The summed E-state index contributed by atoms with van der Waals surface area (Å²) in [5.74, 6) is 1.08. The van der Waals surface area contributed by atoms with Crippen molar-refractivity contribution in [2.24, 2.45) is 0 Å². The molecule has 0 bridgehead atoms. The third-order valence-corrected chi connectivity index (χ3v) is 3.62. The van der Waals surface area contributed by atoms with Crippen molar-refractivity contribution in [3.05, 3.63) is 34.9 Å². The summed E-state index contributed by atoms with van der Waals surface area (Å²) in [7, 11) is 0. The Morgan fingerprint density at radius 1 is 1.32 bits per heavy atom. The lowest BCUT2D eigenvalue weighted by Crippen LogP contribution is -2.21. The monoisotopic (exact) mass is 321 g/mol. The van der Waals surface area contributed by atoms with E-state index in [-0.39, 0.29) is 11.1 Å². The van der Waals surface area contributed by atoms with Gasteiger partial charge in [-0.1, -0.05) is 12.1 Å². The Balaban J connectivity index is 0.000000396. The van der Waals surface area contributed by atoms with Gasteiger partial charge in [-0.25, -0.2) is 0 Å². The van der Waals surface area contributed by atoms with Crippen molar-refractivity contribution < 1.29 is 14.3 Å². The molecule has 1 amide bonds. The standard InChI is InChI=1S/C15H17NO2.C2H3ClO/c1-10(17)16-8-6-12-3-2-11-4-5-14-13(15(11)12)7-9-18-14;1-2(3)4/h3-5H,2,6-9H2,1H3,(H,16,17);1H3. The van der Waals surface area contributed by atoms with Crippen LogP contribution in [0.25, 0.3) is 5.57 Å². The van der Waals surface area contributed by atoms with E-state index in [0.717, 1.165) is 31.6 Å². The Labute approximate surface area is 135 Å². The lowest BCUT2D eigenvalue weighted by Gasteiger charge is -2.10. The number of rotatable bonds is 3. The predicted molar refractivity (Wildman–Crippen MR) is 87.2 cm³/mol. The normalized spacial score (nSPS) is 14.0. The summed E-state index contributed by atoms with van der Waals surface area (Å²) < 4.78 is 5.62. The van der Waals surface area contributed by atoms with Gasteiger partial charge in [0, 0.05) is 32.4 Å². The van der Waals surface area contributed by atoms with E-state index in [4.69, 9.17) is 4.74 Å². The van der Waals surface area contributed by atoms with E-state index in [1.54, 1.807) is 6.92 Å². The Hall–Kier alpha value is -1.81. The molecule has 0 unspecified atom stereocenters. The van der Waals surface area contributed by atoms with E-state index < -0.39 is 0 Å². The molecule has 22 heavy (non-hydrogen) atoms. The highest BCUT2D eigenvalue weighted by molar-refractivity contribution is 6.62. The predicted octanol–water partition coefficient (Wildman–Crippen LogP) is 2.86. The van der Waals surface area contributed by atoms with Crippen LogP contribution < -0.4 is 10.1 Å². The molecule has 2 aliphatic rings. The van der Waals surface area contributed by atoms with Gasteiger partial charge in [-0.2, -0.15) is 0 Å². The number of ether oxygens (including phenoxy) is 1. The number of hydrogen-bond donors (Lipinski definition) is 1. The summed E-state index contributed by atoms with van der Waals surface area (Å²) in [5.41, 5.74) is 5.51. The molecule has 0 saturated carbocycles. The molecule has 3 rings (SSSR count). The Morgan fingerprint density at radius 3 is 2.73 bits per heavy atom. The third kappa shape index (κ3) is 4.10. The summed E-state index contributed by atoms with van der Waals surface area (Å²) in [6.07, 6.45) is 5.21. The molecule has 0 aromatic heterocycles. The van der Waals surface area contributed by atoms with Crippen molar-refractivity contribution in [2.45, 2.75) is 33.1 Å². The van der Waals surface area contributed by atoms with Crippen molar-refractivity contribution in [3.63, 3.8) is 0 Å². The van der Waals surface area contributed by atoms with Crippen LogP contribution in [0.15, 0.2) is 18.2 Å². The first kappa shape index (κ1) is 16.6. The number of fused-ring (bicyclic) bond motifs is 3. The number of amides is 1. The van der Waals surface area contributed by atoms with E-state index in [2.05, 4.69) is 35.1 Å². The first-order chi connectivity index (χ1) is 10.5. The number of carbonyl (C=O) groups excluding carboxylic acids is 2. The smallest absolute Gasteiger partial charge is 0.218 e. The Kier molecular flexibility index (Phi) is 5.61. The van der Waals surface area contributed by atoms with Gasteiger partial charge in [0.15, 0.2) is 0 Å². The van der Waals surface area contributed by atoms with Gasteiger partial charge >= 0.3 is 0 Å². The van der Waals surface area contributed by atoms with Crippen LogP contribution in [0.4, 0.5) is 0 Å². The molecule has 0 spiro atoms. The molecule has 1 heterocycles. The highest BCUT2D eigenvalue weighted by atomic mass is 35.5. The number of benzene rings is 1. The molecule has 1 N–H and O–H groups in total. The molecule has 1 aliphatic carbocycles. The number of hydrogen-bond acceptors (Lipinski definition) is 3. The van der Waals surface area contributed by atoms with Crippen LogP contribution in [-0.2, 0) is 22.4 Å². The van der Waals surface area contributed by atoms with Crippen LogP contribution in [0.2, 0.25) is 0 Å². The van der Waals surface area contributed by atoms with Crippen molar-refractivity contribution in [2.75, 3.05) is 13.2 Å². The largest absolute Gasteiger partial charge is 0.493 e. The van der Waals surface area contributed by atoms with Crippen LogP contribution in [0, 0.1) is 0 Å². The maximum absolute atomic E-state index is 10.9. The minimum Gasteiger partial charge on any atom is -0.493 e. The summed E-state index contributed by atoms with van der Waals surface area (Å²) >= 11 is 4.64. The topological polar surface area (TPSA) is 55.4 Å². The maximum Gasteiger partial charge on any atom is 0.218 e. The third-order valence-electron chi connectivity index (χ3n) is 3.62. The molecule has 118 valence electrons. The van der Waals surface area contributed by atoms with Crippen molar-refractivity contribution in [3.8, 4) is 5.75 Å². The minimum absolute atomic E-state index is 0.0374. The number of nitrogens with one attached hydrogen (secondary N) is 1. The molecule has 5 heteroatoms. The van der Waals surface area contributed by atoms with E-state index in [1.165, 1.54) is 29.2 Å². The minimum atomic E-state index is -0.361. The zero-order valence-corrected chi connectivity index (χ0v) is 13.6. The van der Waals surface area contributed by atoms with Crippen molar-refractivity contribution in [1.29, 1.82) is 0 Å². The second kappa shape index (κ2) is 7.45. The molecule has 0 atom stereocenters. The summed E-state index contributed by atoms with van der Waals surface area (Å²) in [6, 6.07) is 4.26. The molecule has 4 nitrogen and oxygen atoms in total. The van der Waals surface area contributed by atoms with Gasteiger partial charge in [0.25, 0.3) is 0 Å². The molecule has 1 aliphatic heterocycles. The number of halogens is 1. The fraction of sp³-hybridized carbons (Fsp3) is 0.412. The average Bonchev–Trinajstić information content (AvgIpc) is 3.02. The SMILES string of the molecule is CC(=O)Cl.CC(=O)NCCC1=CCc2ccc3c(c21)CCO3. The lowest BCUT2D eigenvalue weighted by molar-refractivity contribution is -0.118. The quantitative estimate of drug-likeness (QED) is 0.871. The molecular formula is C17H20ClNO3. The van der Waals surface area contributed by atoms with Crippen molar-refractivity contribution in [1.82, 2.24) is 5.32 Å². The second-order valence-electron chi connectivity index (χ2n) is 5.31. The molecule has 1 aromatic rings. The van der Waals surface area contributed by atoms with Gasteiger partial charge < -0.3 is 10.1 Å². The van der Waals surface area contributed by atoms with E-state index >= 15 is 0 Å². The number of carbonyl (C=O) groups is 2. The first-order valence-corrected chi connectivity index (χ1v) is 7.74. The molecule has 0 saturated heterocycles. The highest BCUT2D eigenvalue weighted by Gasteiger charge is 2.23. The summed E-state index contributed by atoms with van der Waals surface area (Å²) in [5, 5.41) is 2.50. The molecule has 0 fully saturated rings. The molecular weight excluding hydrogens is 302 g/mol. The molecule has 0 radical (unpaired) electrons. The second-order valence-corrected chi connectivity index (χ2v) is 5.84. The van der Waals surface area contributed by atoms with Crippen LogP contribution in [0.5, 0.6) is 5.75 Å².